The molecule has 2 heterocycles. The van der Waals surface area contributed by atoms with Gasteiger partial charge in [0.2, 0.25) is 11.8 Å². The van der Waals surface area contributed by atoms with Crippen LogP contribution in [0.1, 0.15) is 24.4 Å². The van der Waals surface area contributed by atoms with Gasteiger partial charge in [0.15, 0.2) is 0 Å². The van der Waals surface area contributed by atoms with Gasteiger partial charge in [0.25, 0.3) is 0 Å². The summed E-state index contributed by atoms with van der Waals surface area (Å²) in [5.74, 6) is 0.596. The number of methoxy groups -OCH3 is 2. The number of anilines is 1. The van der Waals surface area contributed by atoms with Gasteiger partial charge in [0.1, 0.15) is 16.5 Å². The lowest BCUT2D eigenvalue weighted by atomic mass is 10.1. The molecule has 3 aromatic rings. The van der Waals surface area contributed by atoms with Crippen molar-refractivity contribution in [3.8, 4) is 11.5 Å². The predicted molar refractivity (Wildman–Crippen MR) is 121 cm³/mol. The topological polar surface area (TPSA) is 72.0 Å². The number of hydrogen-bond donors (Lipinski definition) is 0. The fourth-order valence-electron chi connectivity index (χ4n) is 3.83. The monoisotopic (exact) mass is 439 g/mol. The Hall–Kier alpha value is -3.13. The molecule has 2 atom stereocenters. The van der Waals surface area contributed by atoms with Crippen molar-refractivity contribution in [2.24, 2.45) is 5.92 Å². The third-order valence-corrected chi connectivity index (χ3v) is 6.95. The SMILES string of the molecule is COc1ccc(OC)c(N2CC(C(=O)N(C)C(C)c3nc4ccccc4s3)CC2=O)c1. The van der Waals surface area contributed by atoms with E-state index in [0.29, 0.717) is 23.7 Å². The van der Waals surface area contributed by atoms with Crippen molar-refractivity contribution < 1.29 is 19.1 Å². The van der Waals surface area contributed by atoms with E-state index in [4.69, 9.17) is 9.47 Å². The molecule has 0 radical (unpaired) electrons. The van der Waals surface area contributed by atoms with Crippen LogP contribution in [0.2, 0.25) is 0 Å². The van der Waals surface area contributed by atoms with Crippen molar-refractivity contribution in [3.63, 3.8) is 0 Å². The Morgan fingerprint density at radius 2 is 2.00 bits per heavy atom. The molecule has 2 aromatic carbocycles. The second-order valence-electron chi connectivity index (χ2n) is 7.59. The number of rotatable bonds is 6. The number of aromatic nitrogens is 1. The van der Waals surface area contributed by atoms with Crippen molar-refractivity contribution in [1.82, 2.24) is 9.88 Å². The zero-order chi connectivity index (χ0) is 22.1. The van der Waals surface area contributed by atoms with Crippen molar-refractivity contribution in [3.05, 3.63) is 47.5 Å². The fraction of sp³-hybridized carbons (Fsp3) is 0.348. The van der Waals surface area contributed by atoms with E-state index in [9.17, 15) is 9.59 Å². The Morgan fingerprint density at radius 3 is 2.71 bits per heavy atom. The minimum atomic E-state index is -0.426. The number of benzene rings is 2. The lowest BCUT2D eigenvalue weighted by Crippen LogP contribution is -2.36. The van der Waals surface area contributed by atoms with Crippen molar-refractivity contribution in [1.29, 1.82) is 0 Å². The van der Waals surface area contributed by atoms with Crippen LogP contribution in [0.3, 0.4) is 0 Å². The molecule has 0 aliphatic carbocycles. The summed E-state index contributed by atoms with van der Waals surface area (Å²) in [6.07, 6.45) is 0.163. The van der Waals surface area contributed by atoms with Gasteiger partial charge < -0.3 is 19.3 Å². The third kappa shape index (κ3) is 3.95. The van der Waals surface area contributed by atoms with E-state index >= 15 is 0 Å². The summed E-state index contributed by atoms with van der Waals surface area (Å²) in [6, 6.07) is 13.1. The maximum absolute atomic E-state index is 13.2. The smallest absolute Gasteiger partial charge is 0.228 e. The molecule has 1 saturated heterocycles. The average molecular weight is 440 g/mol. The summed E-state index contributed by atoms with van der Waals surface area (Å²) in [5, 5.41) is 0.882. The molecule has 7 nitrogen and oxygen atoms in total. The molecule has 1 aliphatic rings. The van der Waals surface area contributed by atoms with E-state index in [1.54, 1.807) is 60.6 Å². The average Bonchev–Trinajstić information content (AvgIpc) is 3.40. The largest absolute Gasteiger partial charge is 0.497 e. The Balaban J connectivity index is 1.52. The van der Waals surface area contributed by atoms with Crippen molar-refractivity contribution >= 4 is 39.1 Å². The van der Waals surface area contributed by atoms with Crippen LogP contribution in [0.5, 0.6) is 11.5 Å². The highest BCUT2D eigenvalue weighted by molar-refractivity contribution is 7.18. The lowest BCUT2D eigenvalue weighted by molar-refractivity contribution is -0.136. The van der Waals surface area contributed by atoms with E-state index in [1.165, 1.54) is 0 Å². The summed E-state index contributed by atoms with van der Waals surface area (Å²) in [5.41, 5.74) is 1.55. The highest BCUT2D eigenvalue weighted by Crippen LogP contribution is 2.37. The van der Waals surface area contributed by atoms with Gasteiger partial charge in [-0.3, -0.25) is 9.59 Å². The second-order valence-corrected chi connectivity index (χ2v) is 8.65. The number of amides is 2. The Labute approximate surface area is 185 Å². The van der Waals surface area contributed by atoms with Gasteiger partial charge in [0, 0.05) is 26.1 Å². The van der Waals surface area contributed by atoms with Crippen LogP contribution < -0.4 is 14.4 Å². The van der Waals surface area contributed by atoms with Gasteiger partial charge in [-0.2, -0.15) is 0 Å². The van der Waals surface area contributed by atoms with Gasteiger partial charge in [-0.15, -0.1) is 11.3 Å². The van der Waals surface area contributed by atoms with E-state index in [1.807, 2.05) is 31.2 Å². The van der Waals surface area contributed by atoms with E-state index < -0.39 is 5.92 Å². The molecule has 1 aliphatic heterocycles. The molecule has 0 spiro atoms. The highest BCUT2D eigenvalue weighted by Gasteiger charge is 2.39. The molecular formula is C23H25N3O4S. The molecule has 2 amide bonds. The summed E-state index contributed by atoms with van der Waals surface area (Å²) < 4.78 is 11.8. The lowest BCUT2D eigenvalue weighted by Gasteiger charge is -2.26. The number of thiazole rings is 1. The van der Waals surface area contributed by atoms with Gasteiger partial charge in [-0.1, -0.05) is 12.1 Å². The number of nitrogens with zero attached hydrogens (tertiary/aromatic N) is 3. The van der Waals surface area contributed by atoms with Crippen LogP contribution in [0, 0.1) is 5.92 Å². The molecule has 1 fully saturated rings. The van der Waals surface area contributed by atoms with Gasteiger partial charge in [0.05, 0.1) is 42.1 Å². The highest BCUT2D eigenvalue weighted by atomic mass is 32.1. The summed E-state index contributed by atoms with van der Waals surface area (Å²) >= 11 is 1.59. The molecular weight excluding hydrogens is 414 g/mol. The molecule has 0 N–H and O–H groups in total. The van der Waals surface area contributed by atoms with Gasteiger partial charge in [-0.05, 0) is 31.2 Å². The Morgan fingerprint density at radius 1 is 1.23 bits per heavy atom. The number of carbonyl (C=O) groups is 2. The third-order valence-electron chi connectivity index (χ3n) is 5.75. The van der Waals surface area contributed by atoms with E-state index in [0.717, 1.165) is 15.2 Å². The first-order chi connectivity index (χ1) is 14.9. The molecule has 8 heteroatoms. The zero-order valence-corrected chi connectivity index (χ0v) is 18.8. The van der Waals surface area contributed by atoms with E-state index in [2.05, 4.69) is 4.98 Å². The van der Waals surface area contributed by atoms with Crippen LogP contribution >= 0.6 is 11.3 Å². The predicted octanol–water partition coefficient (Wildman–Crippen LogP) is 3.89. The number of carbonyl (C=O) groups excluding carboxylic acids is 2. The van der Waals surface area contributed by atoms with Crippen molar-refractivity contribution in [2.75, 3.05) is 32.7 Å². The summed E-state index contributed by atoms with van der Waals surface area (Å²) in [4.78, 5) is 34.0. The number of para-hydroxylation sites is 1. The Kier molecular flexibility index (Phi) is 5.82. The maximum Gasteiger partial charge on any atom is 0.228 e. The number of hydrogen-bond acceptors (Lipinski definition) is 6. The zero-order valence-electron chi connectivity index (χ0n) is 18.0. The van der Waals surface area contributed by atoms with Gasteiger partial charge in [-0.25, -0.2) is 4.98 Å². The standard InChI is InChI=1S/C23H25N3O4S/c1-14(22-24-17-7-5-6-8-20(17)31-22)25(2)23(28)15-11-21(27)26(13-15)18-12-16(29-3)9-10-19(18)30-4/h5-10,12,14-15H,11,13H2,1-4H3. The first kappa shape index (κ1) is 21.1. The first-order valence-electron chi connectivity index (χ1n) is 10.1. The summed E-state index contributed by atoms with van der Waals surface area (Å²) in [6.45, 7) is 2.27. The quantitative estimate of drug-likeness (QED) is 0.583. The molecule has 0 saturated carbocycles. The normalized spacial score (nSPS) is 17.1. The minimum Gasteiger partial charge on any atom is -0.497 e. The van der Waals surface area contributed by atoms with Crippen LogP contribution in [-0.2, 0) is 9.59 Å². The maximum atomic E-state index is 13.2. The molecule has 4 rings (SSSR count). The van der Waals surface area contributed by atoms with Crippen LogP contribution in [0.4, 0.5) is 5.69 Å². The molecule has 0 bridgehead atoms. The second kappa shape index (κ2) is 8.55. The minimum absolute atomic E-state index is 0.0653. The number of ether oxygens (including phenoxy) is 2. The van der Waals surface area contributed by atoms with Crippen molar-refractivity contribution in [2.45, 2.75) is 19.4 Å². The number of fused-ring (bicyclic) bond motifs is 1. The van der Waals surface area contributed by atoms with Gasteiger partial charge >= 0.3 is 0 Å². The van der Waals surface area contributed by atoms with Crippen LogP contribution in [0.15, 0.2) is 42.5 Å². The van der Waals surface area contributed by atoms with Crippen LogP contribution in [0.25, 0.3) is 10.2 Å². The van der Waals surface area contributed by atoms with Crippen LogP contribution in [-0.4, -0.2) is 49.5 Å². The molecule has 2 unspecified atom stereocenters. The fourth-order valence-corrected chi connectivity index (χ4v) is 4.89. The van der Waals surface area contributed by atoms with E-state index in [-0.39, 0.29) is 24.3 Å². The first-order valence-corrected chi connectivity index (χ1v) is 10.9. The molecule has 162 valence electrons. The Bertz CT molecular complexity index is 1100. The molecule has 1 aromatic heterocycles. The molecule has 31 heavy (non-hydrogen) atoms. The summed E-state index contributed by atoms with van der Waals surface area (Å²) in [7, 11) is 4.91.